The summed E-state index contributed by atoms with van der Waals surface area (Å²) in [5, 5.41) is 0. The first-order chi connectivity index (χ1) is 10.0. The van der Waals surface area contributed by atoms with Gasteiger partial charge in [-0.1, -0.05) is 0 Å². The fourth-order valence-electron chi connectivity index (χ4n) is 0. The van der Waals surface area contributed by atoms with Crippen LogP contribution < -0.4 is 19.6 Å². The molecule has 0 spiro atoms. The molecule has 0 saturated heterocycles. The molecule has 0 atom stereocenters. The van der Waals surface area contributed by atoms with Crippen molar-refractivity contribution in [1.29, 1.82) is 0 Å². The molecule has 11 N–H and O–H groups in total. The first-order valence-corrected chi connectivity index (χ1v) is 11.5. The van der Waals surface area contributed by atoms with E-state index in [9.17, 15) is 0 Å². The van der Waals surface area contributed by atoms with E-state index in [1.165, 1.54) is 0 Å². The van der Waals surface area contributed by atoms with Gasteiger partial charge in [0.1, 0.15) is 0 Å². The SMILES string of the molecule is O=P(O)(O)O.O=P([O-])(O)O.O=P([O-])(O)O.O=P([O-])(O)O.O=P([O-])(O)O.[H+].[H+].[Mg+2]. The molecule has 0 heterocycles. The van der Waals surface area contributed by atoms with Gasteiger partial charge in [-0.05, 0) is 0 Å². The van der Waals surface area contributed by atoms with Gasteiger partial charge in [-0.3, -0.25) is 18.3 Å². The summed E-state index contributed by atoms with van der Waals surface area (Å²) >= 11 is 0. The molecule has 0 aliphatic rings. The average molecular weight is 512 g/mol. The van der Waals surface area contributed by atoms with Crippen LogP contribution in [0.4, 0.5) is 0 Å². The van der Waals surface area contributed by atoms with E-state index in [1.54, 1.807) is 0 Å². The predicted molar refractivity (Wildman–Crippen MR) is 70.4 cm³/mol. The van der Waals surface area contributed by atoms with Gasteiger partial charge >= 0.3 is 33.7 Å². The van der Waals surface area contributed by atoms with Crippen LogP contribution in [0, 0.1) is 0 Å². The van der Waals surface area contributed by atoms with Crippen molar-refractivity contribution >= 4 is 62.2 Å². The van der Waals surface area contributed by atoms with Crippen LogP contribution in [0.1, 0.15) is 2.85 Å². The number of phosphoric acid groups is 5. The second-order valence-electron chi connectivity index (χ2n) is 2.48. The molecule has 0 aromatic heterocycles. The third kappa shape index (κ3) is 8640. The number of hydrogen-bond acceptors (Lipinski definition) is 9. The van der Waals surface area contributed by atoms with Crippen LogP contribution in [0.25, 0.3) is 0 Å². The Labute approximate surface area is 161 Å². The van der Waals surface area contributed by atoms with Crippen LogP contribution in [-0.4, -0.2) is 76.9 Å². The zero-order chi connectivity index (χ0) is 22.5. The van der Waals surface area contributed by atoms with E-state index in [1.807, 2.05) is 0 Å². The van der Waals surface area contributed by atoms with Gasteiger partial charge in [-0.2, -0.15) is 0 Å². The Hall–Kier alpha value is 1.32. The molecule has 0 aromatic carbocycles. The van der Waals surface area contributed by atoms with Gasteiger partial charge in [0.25, 0.3) is 31.3 Å². The van der Waals surface area contributed by atoms with Gasteiger partial charge in [0, 0.05) is 0 Å². The third-order valence-electron chi connectivity index (χ3n) is 0. The van der Waals surface area contributed by atoms with E-state index >= 15 is 0 Å². The second kappa shape index (κ2) is 17.2. The van der Waals surface area contributed by atoms with Crippen molar-refractivity contribution in [3.05, 3.63) is 0 Å². The Bertz CT molecular complexity index is 382. The van der Waals surface area contributed by atoms with Crippen LogP contribution in [0.5, 0.6) is 0 Å². The molecule has 0 unspecified atom stereocenters. The molecule has 0 aliphatic carbocycles. The zero-order valence-electron chi connectivity index (χ0n) is 13.5. The van der Waals surface area contributed by atoms with Crippen LogP contribution in [-0.2, 0) is 22.8 Å². The molecule has 0 radical (unpaired) electrons. The molecule has 0 bridgehead atoms. The predicted octanol–water partition coefficient (Wildman–Crippen LogP) is -7.33. The van der Waals surface area contributed by atoms with E-state index in [4.69, 9.17) is 96.2 Å². The summed E-state index contributed by atoms with van der Waals surface area (Å²) in [4.78, 5) is 113. The van der Waals surface area contributed by atoms with Crippen molar-refractivity contribution in [2.75, 3.05) is 0 Å². The molecule has 0 saturated carbocycles. The minimum Gasteiger partial charge on any atom is -0.756 e. The summed E-state index contributed by atoms with van der Waals surface area (Å²) in [5.41, 5.74) is 0. The minimum atomic E-state index is -4.89. The summed E-state index contributed by atoms with van der Waals surface area (Å²) in [5.74, 6) is 0. The Morgan fingerprint density at radius 2 is 0.423 bits per heavy atom. The fourth-order valence-corrected chi connectivity index (χ4v) is 0. The van der Waals surface area contributed by atoms with Crippen molar-refractivity contribution in [3.63, 3.8) is 0 Å². The maximum atomic E-state index is 8.88. The molecule has 0 rings (SSSR count). The Balaban J connectivity index is -0.0000000290. The number of hydrogen-bond donors (Lipinski definition) is 11. The average Bonchev–Trinajstić information content (AvgIpc) is 1.79. The van der Waals surface area contributed by atoms with Crippen LogP contribution in [0.2, 0.25) is 0 Å². The summed E-state index contributed by atoms with van der Waals surface area (Å²) in [7, 11) is -24.2. The van der Waals surface area contributed by atoms with E-state index in [2.05, 4.69) is 0 Å². The molecule has 160 valence electrons. The Morgan fingerprint density at radius 3 is 0.423 bits per heavy atom. The maximum Gasteiger partial charge on any atom is 2.00 e. The standard InChI is InChI=1S/Mg.5H3O4P/c;5*1-5(2,3)4/h;5*(H3,1,2,3,4)/q+2;;;;;/p-2. The van der Waals surface area contributed by atoms with E-state index < -0.39 is 39.1 Å². The van der Waals surface area contributed by atoms with Gasteiger partial charge in [0.05, 0.1) is 0 Å². The molecular weight excluding hydrogens is 499 g/mol. The van der Waals surface area contributed by atoms with Gasteiger partial charge in [0.15, 0.2) is 0 Å². The third-order valence-corrected chi connectivity index (χ3v) is 0. The van der Waals surface area contributed by atoms with Crippen LogP contribution >= 0.6 is 39.1 Å². The topological polar surface area (TPSA) is 400 Å². The summed E-state index contributed by atoms with van der Waals surface area (Å²) in [6.07, 6.45) is 0. The zero-order valence-corrected chi connectivity index (χ0v) is 17.4. The minimum absolute atomic E-state index is 0. The molecule has 26 heteroatoms. The molecular formula is H13MgO20P5. The molecule has 0 amide bonds. The van der Waals surface area contributed by atoms with Crippen LogP contribution in [0.15, 0.2) is 0 Å². The normalized spacial score (nSPS) is 11.3. The van der Waals surface area contributed by atoms with Gasteiger partial charge in [0.2, 0.25) is 0 Å². The summed E-state index contributed by atoms with van der Waals surface area (Å²) in [6, 6.07) is 0. The van der Waals surface area contributed by atoms with Crippen molar-refractivity contribution in [2.45, 2.75) is 0 Å². The first-order valence-electron chi connectivity index (χ1n) is 3.84. The van der Waals surface area contributed by atoms with E-state index in [0.29, 0.717) is 0 Å². The van der Waals surface area contributed by atoms with Gasteiger partial charge < -0.3 is 73.4 Å². The molecule has 20 nitrogen and oxygen atoms in total. The van der Waals surface area contributed by atoms with E-state index in [0.717, 1.165) is 0 Å². The van der Waals surface area contributed by atoms with Crippen molar-refractivity contribution < 1.29 is 99.1 Å². The van der Waals surface area contributed by atoms with Crippen molar-refractivity contribution in [1.82, 2.24) is 0 Å². The Kier molecular flexibility index (Phi) is 27.5. The van der Waals surface area contributed by atoms with Gasteiger partial charge in [-0.25, -0.2) is 4.57 Å². The second-order valence-corrected chi connectivity index (χ2v) is 7.43. The number of rotatable bonds is 0. The summed E-state index contributed by atoms with van der Waals surface area (Å²) < 4.78 is 44.0. The molecule has 0 aromatic rings. The molecule has 26 heavy (non-hydrogen) atoms. The quantitative estimate of drug-likeness (QED) is 0.106. The first kappa shape index (κ1) is 41.6. The van der Waals surface area contributed by atoms with Crippen molar-refractivity contribution in [2.24, 2.45) is 0 Å². The largest absolute Gasteiger partial charge is 2.00 e. The summed E-state index contributed by atoms with van der Waals surface area (Å²) in [6.45, 7) is 0. The van der Waals surface area contributed by atoms with Crippen LogP contribution in [0.3, 0.4) is 0 Å². The Morgan fingerprint density at radius 1 is 0.423 bits per heavy atom. The fraction of sp³-hybridized carbons (Fsp3) is 0. The van der Waals surface area contributed by atoms with E-state index in [-0.39, 0.29) is 25.9 Å². The smallest absolute Gasteiger partial charge is 0.756 e. The molecule has 0 aliphatic heterocycles. The van der Waals surface area contributed by atoms with Crippen molar-refractivity contribution in [3.8, 4) is 0 Å². The van der Waals surface area contributed by atoms with Gasteiger partial charge in [-0.15, -0.1) is 0 Å². The monoisotopic (exact) mass is 512 g/mol. The maximum absolute atomic E-state index is 8.88. The molecule has 0 fully saturated rings.